The summed E-state index contributed by atoms with van der Waals surface area (Å²) >= 11 is 5.88. The van der Waals surface area contributed by atoms with Crippen LogP contribution in [0.15, 0.2) is 12.1 Å². The third-order valence-corrected chi connectivity index (χ3v) is 2.37. The molecule has 1 aromatic carbocycles. The lowest BCUT2D eigenvalue weighted by Gasteiger charge is -2.20. The van der Waals surface area contributed by atoms with E-state index < -0.39 is 5.97 Å². The van der Waals surface area contributed by atoms with Crippen LogP contribution in [-0.2, 0) is 0 Å². The molecule has 0 saturated heterocycles. The number of halogens is 1. The molecule has 5 heteroatoms. The number of benzene rings is 1. The summed E-state index contributed by atoms with van der Waals surface area (Å²) in [5, 5.41) is 12.0. The maximum atomic E-state index is 10.7. The molecule has 0 unspecified atom stereocenters. The van der Waals surface area contributed by atoms with Crippen molar-refractivity contribution in [3.8, 4) is 5.75 Å². The highest BCUT2D eigenvalue weighted by molar-refractivity contribution is 6.35. The highest BCUT2D eigenvalue weighted by Gasteiger charge is 2.19. The van der Waals surface area contributed by atoms with E-state index in [-0.39, 0.29) is 10.6 Å². The Labute approximate surface area is 85.4 Å². The lowest BCUT2D eigenvalue weighted by atomic mass is 10.1. The molecule has 1 aliphatic heterocycles. The third kappa shape index (κ3) is 1.37. The second-order valence-corrected chi connectivity index (χ2v) is 3.26. The largest absolute Gasteiger partial charge is 0.488 e. The van der Waals surface area contributed by atoms with E-state index in [0.29, 0.717) is 18.9 Å². The quantitative estimate of drug-likeness (QED) is 0.748. The first-order chi connectivity index (χ1) is 6.70. The van der Waals surface area contributed by atoms with E-state index in [4.69, 9.17) is 21.4 Å². The summed E-state index contributed by atoms with van der Waals surface area (Å²) in [6.45, 7) is 1.20. The zero-order valence-corrected chi connectivity index (χ0v) is 7.97. The van der Waals surface area contributed by atoms with Crippen LogP contribution in [0.2, 0.25) is 5.02 Å². The zero-order chi connectivity index (χ0) is 10.1. The number of nitrogens with one attached hydrogen (secondary N) is 1. The van der Waals surface area contributed by atoms with Gasteiger partial charge in [0, 0.05) is 6.54 Å². The standard InChI is InChI=1S/C9H8ClNO3/c10-7-5(9(12)13)1-2-6-8(7)14-4-3-11-6/h1-2,11H,3-4H2,(H,12,13). The molecule has 0 spiro atoms. The van der Waals surface area contributed by atoms with E-state index in [1.807, 2.05) is 0 Å². The van der Waals surface area contributed by atoms with Gasteiger partial charge in [0.1, 0.15) is 6.61 Å². The summed E-state index contributed by atoms with van der Waals surface area (Å²) in [6, 6.07) is 3.12. The van der Waals surface area contributed by atoms with Crippen molar-refractivity contribution in [2.45, 2.75) is 0 Å². The van der Waals surface area contributed by atoms with Crippen molar-refractivity contribution in [2.75, 3.05) is 18.5 Å². The number of fused-ring (bicyclic) bond motifs is 1. The molecule has 1 heterocycles. The molecule has 0 amide bonds. The topological polar surface area (TPSA) is 58.6 Å². The Hall–Kier alpha value is -1.42. The summed E-state index contributed by atoms with van der Waals surface area (Å²) in [5.41, 5.74) is 0.806. The number of rotatable bonds is 1. The van der Waals surface area contributed by atoms with Crippen LogP contribution in [0, 0.1) is 0 Å². The molecule has 0 fully saturated rings. The first kappa shape index (κ1) is 9.15. The lowest BCUT2D eigenvalue weighted by molar-refractivity contribution is 0.0696. The number of carboxylic acids is 1. The minimum absolute atomic E-state index is 0.0640. The Morgan fingerprint density at radius 2 is 2.36 bits per heavy atom. The van der Waals surface area contributed by atoms with Gasteiger partial charge in [-0.1, -0.05) is 11.6 Å². The van der Waals surface area contributed by atoms with Crippen molar-refractivity contribution in [3.05, 3.63) is 22.7 Å². The fraction of sp³-hybridized carbons (Fsp3) is 0.222. The first-order valence-electron chi connectivity index (χ1n) is 4.12. The van der Waals surface area contributed by atoms with Gasteiger partial charge in [0.25, 0.3) is 0 Å². The molecule has 14 heavy (non-hydrogen) atoms. The molecule has 4 nitrogen and oxygen atoms in total. The van der Waals surface area contributed by atoms with Crippen LogP contribution in [0.1, 0.15) is 10.4 Å². The monoisotopic (exact) mass is 213 g/mol. The van der Waals surface area contributed by atoms with Crippen LogP contribution >= 0.6 is 11.6 Å². The number of carbonyl (C=O) groups is 1. The van der Waals surface area contributed by atoms with Gasteiger partial charge in [-0.15, -0.1) is 0 Å². The minimum Gasteiger partial charge on any atom is -0.488 e. The summed E-state index contributed by atoms with van der Waals surface area (Å²) in [7, 11) is 0. The van der Waals surface area contributed by atoms with Gasteiger partial charge in [0.2, 0.25) is 0 Å². The van der Waals surface area contributed by atoms with Crippen molar-refractivity contribution in [1.82, 2.24) is 0 Å². The van der Waals surface area contributed by atoms with E-state index in [9.17, 15) is 4.79 Å². The van der Waals surface area contributed by atoms with Crippen molar-refractivity contribution >= 4 is 23.3 Å². The normalized spacial score (nSPS) is 13.8. The number of anilines is 1. The average Bonchev–Trinajstić information content (AvgIpc) is 2.18. The molecule has 2 rings (SSSR count). The first-order valence-corrected chi connectivity index (χ1v) is 4.50. The fourth-order valence-corrected chi connectivity index (χ4v) is 1.64. The second-order valence-electron chi connectivity index (χ2n) is 2.88. The SMILES string of the molecule is O=C(O)c1ccc2c(c1Cl)OCCN2. The van der Waals surface area contributed by atoms with Gasteiger partial charge in [0.15, 0.2) is 5.75 Å². The van der Waals surface area contributed by atoms with Crippen molar-refractivity contribution in [1.29, 1.82) is 0 Å². The summed E-state index contributed by atoms with van der Waals surface area (Å²) in [5.74, 6) is -0.621. The Balaban J connectivity index is 2.54. The minimum atomic E-state index is -1.05. The Bertz CT molecular complexity index is 392. The lowest BCUT2D eigenvalue weighted by Crippen LogP contribution is -2.18. The van der Waals surface area contributed by atoms with Crippen molar-refractivity contribution in [3.63, 3.8) is 0 Å². The smallest absolute Gasteiger partial charge is 0.337 e. The highest BCUT2D eigenvalue weighted by atomic mass is 35.5. The van der Waals surface area contributed by atoms with E-state index in [1.54, 1.807) is 6.07 Å². The van der Waals surface area contributed by atoms with Gasteiger partial charge in [-0.3, -0.25) is 0 Å². The van der Waals surface area contributed by atoms with Gasteiger partial charge < -0.3 is 15.2 Å². The van der Waals surface area contributed by atoms with Crippen molar-refractivity contribution < 1.29 is 14.6 Å². The van der Waals surface area contributed by atoms with Gasteiger partial charge in [-0.25, -0.2) is 4.79 Å². The molecule has 1 aromatic rings. The van der Waals surface area contributed by atoms with Crippen LogP contribution in [0.5, 0.6) is 5.75 Å². The van der Waals surface area contributed by atoms with Gasteiger partial charge in [-0.05, 0) is 12.1 Å². The molecule has 0 bridgehead atoms. The second kappa shape index (κ2) is 3.38. The van der Waals surface area contributed by atoms with Crippen LogP contribution < -0.4 is 10.1 Å². The summed E-state index contributed by atoms with van der Waals surface area (Å²) in [6.07, 6.45) is 0. The summed E-state index contributed by atoms with van der Waals surface area (Å²) in [4.78, 5) is 10.7. The molecular formula is C9H8ClNO3. The molecule has 0 saturated carbocycles. The molecular weight excluding hydrogens is 206 g/mol. The Morgan fingerprint density at radius 3 is 3.07 bits per heavy atom. The maximum Gasteiger partial charge on any atom is 0.337 e. The average molecular weight is 214 g/mol. The number of aromatic carboxylic acids is 1. The Morgan fingerprint density at radius 1 is 1.57 bits per heavy atom. The predicted octanol–water partition coefficient (Wildman–Crippen LogP) is 1.84. The highest BCUT2D eigenvalue weighted by Crippen LogP contribution is 2.37. The van der Waals surface area contributed by atoms with Crippen LogP contribution in [0.25, 0.3) is 0 Å². The Kier molecular flexibility index (Phi) is 2.21. The fourth-order valence-electron chi connectivity index (χ4n) is 1.34. The molecule has 0 aliphatic carbocycles. The predicted molar refractivity (Wildman–Crippen MR) is 52.4 cm³/mol. The molecule has 0 aromatic heterocycles. The van der Waals surface area contributed by atoms with Crippen molar-refractivity contribution in [2.24, 2.45) is 0 Å². The van der Waals surface area contributed by atoms with E-state index in [0.717, 1.165) is 5.69 Å². The van der Waals surface area contributed by atoms with E-state index >= 15 is 0 Å². The molecule has 0 radical (unpaired) electrons. The number of carboxylic acid groups (broad SMARTS) is 1. The summed E-state index contributed by atoms with van der Waals surface area (Å²) < 4.78 is 5.29. The zero-order valence-electron chi connectivity index (χ0n) is 7.21. The molecule has 2 N–H and O–H groups in total. The van der Waals surface area contributed by atoms with Gasteiger partial charge in [0.05, 0.1) is 16.3 Å². The molecule has 1 aliphatic rings. The van der Waals surface area contributed by atoms with Crippen LogP contribution in [0.3, 0.4) is 0 Å². The molecule has 74 valence electrons. The van der Waals surface area contributed by atoms with Gasteiger partial charge in [-0.2, -0.15) is 0 Å². The van der Waals surface area contributed by atoms with E-state index in [1.165, 1.54) is 6.07 Å². The van der Waals surface area contributed by atoms with Crippen LogP contribution in [-0.4, -0.2) is 24.2 Å². The molecule has 0 atom stereocenters. The number of hydrogen-bond donors (Lipinski definition) is 2. The third-order valence-electron chi connectivity index (χ3n) is 1.99. The number of hydrogen-bond acceptors (Lipinski definition) is 3. The number of ether oxygens (including phenoxy) is 1. The van der Waals surface area contributed by atoms with Gasteiger partial charge >= 0.3 is 5.97 Å². The van der Waals surface area contributed by atoms with Crippen LogP contribution in [0.4, 0.5) is 5.69 Å². The van der Waals surface area contributed by atoms with E-state index in [2.05, 4.69) is 5.32 Å². The maximum absolute atomic E-state index is 10.7.